The minimum atomic E-state index is -1.57. The number of hydrogen-bond acceptors (Lipinski definition) is 8. The molecular weight excluding hydrogens is 670 g/mol. The number of ether oxygens (including phenoxy) is 2. The highest BCUT2D eigenvalue weighted by Gasteiger charge is 2.44. The lowest BCUT2D eigenvalue weighted by Crippen LogP contribution is -2.60. The number of amides is 1. The molecule has 0 aliphatic carbocycles. The number of aliphatic hydroxyl groups is 5. The van der Waals surface area contributed by atoms with Crippen LogP contribution in [-0.2, 0) is 14.3 Å². The second kappa shape index (κ2) is 35.1. The van der Waals surface area contributed by atoms with Crippen molar-refractivity contribution in [3.63, 3.8) is 0 Å². The van der Waals surface area contributed by atoms with E-state index in [1.54, 1.807) is 12.2 Å². The third kappa shape index (κ3) is 26.2. The van der Waals surface area contributed by atoms with Crippen LogP contribution in [0.2, 0.25) is 0 Å². The van der Waals surface area contributed by atoms with E-state index in [0.29, 0.717) is 6.42 Å². The van der Waals surface area contributed by atoms with Crippen molar-refractivity contribution in [2.75, 3.05) is 13.2 Å². The van der Waals surface area contributed by atoms with Crippen molar-refractivity contribution < 1.29 is 39.8 Å². The van der Waals surface area contributed by atoms with Gasteiger partial charge in [-0.05, 0) is 19.3 Å². The van der Waals surface area contributed by atoms with Gasteiger partial charge in [-0.15, -0.1) is 0 Å². The van der Waals surface area contributed by atoms with Crippen LogP contribution in [0.5, 0.6) is 0 Å². The van der Waals surface area contributed by atoms with Crippen molar-refractivity contribution in [3.05, 3.63) is 24.3 Å². The summed E-state index contributed by atoms with van der Waals surface area (Å²) in [6.07, 6.45) is 33.8. The van der Waals surface area contributed by atoms with Gasteiger partial charge in [-0.25, -0.2) is 0 Å². The van der Waals surface area contributed by atoms with Crippen molar-refractivity contribution in [2.45, 2.75) is 236 Å². The van der Waals surface area contributed by atoms with Crippen molar-refractivity contribution >= 4 is 5.91 Å². The first-order valence-corrected chi connectivity index (χ1v) is 22.1. The van der Waals surface area contributed by atoms with E-state index in [1.807, 2.05) is 6.08 Å². The second-order valence-corrected chi connectivity index (χ2v) is 15.5. The maximum Gasteiger partial charge on any atom is 0.220 e. The Bertz CT molecular complexity index is 883. The molecule has 2 unspecified atom stereocenters. The second-order valence-electron chi connectivity index (χ2n) is 15.5. The van der Waals surface area contributed by atoms with E-state index in [0.717, 1.165) is 32.1 Å². The number of aliphatic hydroxyl groups excluding tert-OH is 5. The molecule has 1 fully saturated rings. The van der Waals surface area contributed by atoms with Gasteiger partial charge in [0.25, 0.3) is 0 Å². The molecular formula is C44H83NO8. The molecule has 1 heterocycles. The molecule has 1 aliphatic heterocycles. The molecule has 0 radical (unpaired) electrons. The van der Waals surface area contributed by atoms with Gasteiger partial charge in [0.15, 0.2) is 6.29 Å². The molecule has 1 saturated heterocycles. The van der Waals surface area contributed by atoms with Crippen molar-refractivity contribution in [1.29, 1.82) is 0 Å². The summed E-state index contributed by atoms with van der Waals surface area (Å²) in [6.45, 7) is 3.72. The number of allylic oxidation sites excluding steroid dienone is 3. The lowest BCUT2D eigenvalue weighted by atomic mass is 9.99. The van der Waals surface area contributed by atoms with Crippen molar-refractivity contribution in [3.8, 4) is 0 Å². The Labute approximate surface area is 324 Å². The molecule has 0 saturated carbocycles. The fourth-order valence-electron chi connectivity index (χ4n) is 6.98. The van der Waals surface area contributed by atoms with Crippen LogP contribution in [0.4, 0.5) is 0 Å². The van der Waals surface area contributed by atoms with Crippen LogP contribution >= 0.6 is 0 Å². The monoisotopic (exact) mass is 754 g/mol. The molecule has 6 N–H and O–H groups in total. The first-order valence-electron chi connectivity index (χ1n) is 22.1. The number of carbonyl (C=O) groups excluding carboxylic acids is 1. The topological polar surface area (TPSA) is 149 Å². The largest absolute Gasteiger partial charge is 0.394 e. The van der Waals surface area contributed by atoms with Gasteiger partial charge in [-0.3, -0.25) is 4.79 Å². The lowest BCUT2D eigenvalue weighted by molar-refractivity contribution is -0.302. The van der Waals surface area contributed by atoms with Crippen LogP contribution < -0.4 is 5.32 Å². The van der Waals surface area contributed by atoms with Crippen molar-refractivity contribution in [1.82, 2.24) is 5.32 Å². The molecule has 0 spiro atoms. The predicted octanol–water partition coefficient (Wildman–Crippen LogP) is 8.72. The molecule has 0 aromatic carbocycles. The van der Waals surface area contributed by atoms with E-state index >= 15 is 0 Å². The van der Waals surface area contributed by atoms with Gasteiger partial charge in [0.1, 0.15) is 24.4 Å². The third-order valence-corrected chi connectivity index (χ3v) is 10.6. The zero-order valence-corrected chi connectivity index (χ0v) is 34.0. The van der Waals surface area contributed by atoms with Gasteiger partial charge < -0.3 is 40.3 Å². The van der Waals surface area contributed by atoms with Gasteiger partial charge in [0.2, 0.25) is 5.91 Å². The summed E-state index contributed by atoms with van der Waals surface area (Å²) < 4.78 is 11.2. The maximum absolute atomic E-state index is 12.9. The molecule has 1 rings (SSSR count). The fraction of sp³-hybridized carbons (Fsp3) is 0.886. The minimum absolute atomic E-state index is 0.193. The Morgan fingerprint density at radius 3 is 1.57 bits per heavy atom. The Morgan fingerprint density at radius 2 is 1.09 bits per heavy atom. The van der Waals surface area contributed by atoms with Crippen LogP contribution in [0.25, 0.3) is 0 Å². The van der Waals surface area contributed by atoms with Gasteiger partial charge in [0.05, 0.1) is 25.4 Å². The quantitative estimate of drug-likeness (QED) is 0.0275. The Kier molecular flexibility index (Phi) is 32.9. The first kappa shape index (κ1) is 49.7. The highest BCUT2D eigenvalue weighted by atomic mass is 16.7. The van der Waals surface area contributed by atoms with Gasteiger partial charge in [-0.2, -0.15) is 0 Å². The summed E-state index contributed by atoms with van der Waals surface area (Å²) in [5.41, 5.74) is 0. The van der Waals surface area contributed by atoms with E-state index in [4.69, 9.17) is 9.47 Å². The predicted molar refractivity (Wildman–Crippen MR) is 217 cm³/mol. The molecule has 0 aromatic heterocycles. The van der Waals surface area contributed by atoms with E-state index in [2.05, 4.69) is 25.2 Å². The number of nitrogens with one attached hydrogen (secondary N) is 1. The minimum Gasteiger partial charge on any atom is -0.394 e. The van der Waals surface area contributed by atoms with Crippen LogP contribution in [0.3, 0.4) is 0 Å². The Balaban J connectivity index is 2.34. The van der Waals surface area contributed by atoms with Crippen LogP contribution in [0.15, 0.2) is 24.3 Å². The molecule has 9 nitrogen and oxygen atoms in total. The molecule has 7 atom stereocenters. The van der Waals surface area contributed by atoms with Gasteiger partial charge in [0, 0.05) is 6.42 Å². The smallest absolute Gasteiger partial charge is 0.220 e. The Hall–Kier alpha value is -1.33. The van der Waals surface area contributed by atoms with E-state index in [-0.39, 0.29) is 12.5 Å². The highest BCUT2D eigenvalue weighted by molar-refractivity contribution is 5.76. The molecule has 1 aliphatic rings. The summed E-state index contributed by atoms with van der Waals surface area (Å²) >= 11 is 0. The van der Waals surface area contributed by atoms with Crippen LogP contribution in [-0.4, -0.2) is 87.5 Å². The first-order chi connectivity index (χ1) is 25.8. The normalized spacial score (nSPS) is 21.8. The summed E-state index contributed by atoms with van der Waals surface area (Å²) in [4.78, 5) is 12.9. The molecule has 312 valence electrons. The number of carbonyl (C=O) groups is 1. The summed E-state index contributed by atoms with van der Waals surface area (Å²) in [5.74, 6) is -0.193. The average molecular weight is 754 g/mol. The maximum atomic E-state index is 12.9. The highest BCUT2D eigenvalue weighted by Crippen LogP contribution is 2.22. The van der Waals surface area contributed by atoms with E-state index < -0.39 is 49.5 Å². The van der Waals surface area contributed by atoms with Crippen LogP contribution in [0.1, 0.15) is 194 Å². The lowest BCUT2D eigenvalue weighted by Gasteiger charge is -2.40. The summed E-state index contributed by atoms with van der Waals surface area (Å²) in [5, 5.41) is 54.0. The molecule has 0 aromatic rings. The third-order valence-electron chi connectivity index (χ3n) is 10.6. The average Bonchev–Trinajstić information content (AvgIpc) is 3.16. The van der Waals surface area contributed by atoms with Crippen LogP contribution in [0, 0.1) is 0 Å². The molecule has 53 heavy (non-hydrogen) atoms. The molecule has 1 amide bonds. The molecule has 9 heteroatoms. The Morgan fingerprint density at radius 1 is 0.642 bits per heavy atom. The van der Waals surface area contributed by atoms with Crippen molar-refractivity contribution in [2.24, 2.45) is 0 Å². The summed E-state index contributed by atoms with van der Waals surface area (Å²) in [6, 6.07) is -0.831. The van der Waals surface area contributed by atoms with Gasteiger partial charge in [-0.1, -0.05) is 192 Å². The van der Waals surface area contributed by atoms with E-state index in [1.165, 1.54) is 141 Å². The SMILES string of the molecule is CCCCCCCCC/C=C/C=C/[C@@H](O)[C@H](CO[C@H]1O[C@@H](CO)[C@H](O)C(O)C1O)NC(=O)CCCCCCCCCCCCCCCCCCCCC. The standard InChI is InChI=1S/C44H83NO8/c1-3-5-7-9-11-13-15-16-17-18-19-20-21-22-24-26-28-30-32-34-40(48)45-37(36-52-44-43(51)42(50)41(49)39(35-46)53-44)38(47)33-31-29-27-25-23-14-12-10-8-6-4-2/h27,29,31,33,37-39,41-44,46-47,49-51H,3-26,28,30,32,34-36H2,1-2H3,(H,45,48)/b29-27+,33-31+/t37-,38+,39-,41-,42?,43?,44-/m0/s1. The fourth-order valence-corrected chi connectivity index (χ4v) is 6.98. The number of unbranched alkanes of at least 4 members (excludes halogenated alkanes) is 25. The number of hydrogen-bond donors (Lipinski definition) is 6. The molecule has 0 bridgehead atoms. The zero-order chi connectivity index (χ0) is 38.8. The number of rotatable bonds is 36. The van der Waals surface area contributed by atoms with E-state index in [9.17, 15) is 30.3 Å². The summed E-state index contributed by atoms with van der Waals surface area (Å²) in [7, 11) is 0. The zero-order valence-electron chi connectivity index (χ0n) is 34.0. The van der Waals surface area contributed by atoms with Gasteiger partial charge >= 0.3 is 0 Å².